The maximum Gasteiger partial charge on any atom is 0.164 e. The molecule has 3 N–H and O–H groups in total. The molecule has 10 aromatic rings. The number of furan rings is 1. The second kappa shape index (κ2) is 13.0. The van der Waals surface area contributed by atoms with E-state index in [1.165, 1.54) is 44.8 Å². The molecule has 3 heterocycles. The van der Waals surface area contributed by atoms with Crippen molar-refractivity contribution in [1.82, 2.24) is 15.0 Å². The fraction of sp³-hybridized carbons (Fsp3) is 0.0727. The molecule has 0 fully saturated rings. The zero-order valence-electron chi connectivity index (χ0n) is 33.8. The van der Waals surface area contributed by atoms with Crippen LogP contribution in [0.1, 0.15) is 35.6 Å². The predicted octanol–water partition coefficient (Wildman–Crippen LogP) is 13.0. The second-order valence-electron chi connectivity index (χ2n) is 16.5. The largest absolute Gasteiger partial charge is 0.456 e. The van der Waals surface area contributed by atoms with Gasteiger partial charge in [-0.05, 0) is 99.5 Å². The Balaban J connectivity index is 1.08. The smallest absolute Gasteiger partial charge is 0.164 e. The molecule has 0 radical (unpaired) electrons. The number of fused-ring (bicyclic) bond motifs is 15. The van der Waals surface area contributed by atoms with Crippen molar-refractivity contribution in [1.29, 1.82) is 0 Å². The Bertz CT molecular complexity index is 3410. The highest BCUT2D eigenvalue weighted by Crippen LogP contribution is 2.65. The van der Waals surface area contributed by atoms with Gasteiger partial charge in [-0.3, -0.25) is 0 Å². The lowest BCUT2D eigenvalue weighted by Crippen LogP contribution is -2.31. The van der Waals surface area contributed by atoms with Crippen molar-refractivity contribution in [3.05, 3.63) is 198 Å². The van der Waals surface area contributed by atoms with Crippen molar-refractivity contribution in [3.63, 3.8) is 0 Å². The van der Waals surface area contributed by atoms with Crippen molar-refractivity contribution in [3.8, 4) is 56.4 Å². The lowest BCUT2D eigenvalue weighted by atomic mass is 9.70. The molecule has 2 unspecified atom stereocenters. The zero-order valence-corrected chi connectivity index (χ0v) is 33.8. The van der Waals surface area contributed by atoms with Gasteiger partial charge in [-0.25, -0.2) is 15.0 Å². The van der Waals surface area contributed by atoms with E-state index in [0.29, 0.717) is 23.2 Å². The van der Waals surface area contributed by atoms with Gasteiger partial charge in [0.25, 0.3) is 0 Å². The van der Waals surface area contributed by atoms with Gasteiger partial charge in [0.05, 0.1) is 16.8 Å². The third-order valence-electron chi connectivity index (χ3n) is 13.2. The average molecular weight is 799 g/mol. The molecule has 2 atom stereocenters. The van der Waals surface area contributed by atoms with Crippen molar-refractivity contribution in [2.75, 3.05) is 16.0 Å². The van der Waals surface area contributed by atoms with Crippen molar-refractivity contribution < 1.29 is 4.42 Å². The summed E-state index contributed by atoms with van der Waals surface area (Å²) >= 11 is 0. The second-order valence-corrected chi connectivity index (χ2v) is 16.5. The molecule has 294 valence electrons. The fourth-order valence-corrected chi connectivity index (χ4v) is 10.6. The summed E-state index contributed by atoms with van der Waals surface area (Å²) in [4.78, 5) is 17.8. The molecule has 8 aromatic carbocycles. The first kappa shape index (κ1) is 34.8. The molecule has 2 aliphatic carbocycles. The summed E-state index contributed by atoms with van der Waals surface area (Å²) in [6, 6.07) is 62.2. The highest BCUT2D eigenvalue weighted by Gasteiger charge is 2.52. The van der Waals surface area contributed by atoms with Gasteiger partial charge in [0.15, 0.2) is 17.5 Å². The Morgan fingerprint density at radius 2 is 1.21 bits per heavy atom. The van der Waals surface area contributed by atoms with Crippen molar-refractivity contribution in [2.24, 2.45) is 0 Å². The fourth-order valence-electron chi connectivity index (χ4n) is 10.6. The van der Waals surface area contributed by atoms with Gasteiger partial charge in [0.2, 0.25) is 0 Å². The Kier molecular flexibility index (Phi) is 7.29. The summed E-state index contributed by atoms with van der Waals surface area (Å²) < 4.78 is 6.61. The molecule has 1 spiro atoms. The number of nitrogens with one attached hydrogen (secondary N) is 1. The maximum atomic E-state index is 6.61. The molecule has 0 saturated carbocycles. The molecule has 7 nitrogen and oxygen atoms in total. The van der Waals surface area contributed by atoms with Crippen LogP contribution >= 0.6 is 0 Å². The van der Waals surface area contributed by atoms with Crippen LogP contribution in [0.5, 0.6) is 0 Å². The topological polar surface area (TPSA) is 93.1 Å². The van der Waals surface area contributed by atoms with Crippen LogP contribution in [0.4, 0.5) is 22.7 Å². The van der Waals surface area contributed by atoms with Gasteiger partial charge in [0.1, 0.15) is 17.3 Å². The lowest BCUT2D eigenvalue weighted by Gasteiger charge is -2.31. The summed E-state index contributed by atoms with van der Waals surface area (Å²) in [5.41, 5.74) is 24.0. The number of anilines is 4. The molecule has 62 heavy (non-hydrogen) atoms. The number of nitrogen functional groups attached to an aromatic ring is 1. The van der Waals surface area contributed by atoms with E-state index in [0.717, 1.165) is 61.9 Å². The van der Waals surface area contributed by atoms with Gasteiger partial charge >= 0.3 is 0 Å². The van der Waals surface area contributed by atoms with E-state index < -0.39 is 5.41 Å². The first-order valence-electron chi connectivity index (χ1n) is 21.2. The van der Waals surface area contributed by atoms with E-state index in [2.05, 4.69) is 120 Å². The Morgan fingerprint density at radius 3 is 1.98 bits per heavy atom. The van der Waals surface area contributed by atoms with Crippen molar-refractivity contribution >= 4 is 44.7 Å². The van der Waals surface area contributed by atoms with E-state index in [1.54, 1.807) is 0 Å². The van der Waals surface area contributed by atoms with Gasteiger partial charge in [-0.2, -0.15) is 0 Å². The first-order valence-corrected chi connectivity index (χ1v) is 21.2. The SMILES string of the molecule is CCC1Nc2ccccc2N1c1ccc2c(c1)-c1ccccc1C21c2ccc(-c3nc(-c4ccccc4)nc(-c4ccccc4)n3)cc2-c2c1ccc1oc3cc(N)ccc3c21. The Labute approximate surface area is 358 Å². The molecular weight excluding hydrogens is 761 g/mol. The van der Waals surface area contributed by atoms with E-state index in [4.69, 9.17) is 25.1 Å². The van der Waals surface area contributed by atoms with Crippen molar-refractivity contribution in [2.45, 2.75) is 24.9 Å². The maximum absolute atomic E-state index is 6.61. The van der Waals surface area contributed by atoms with E-state index in [9.17, 15) is 0 Å². The highest BCUT2D eigenvalue weighted by atomic mass is 16.3. The molecule has 0 amide bonds. The molecule has 0 saturated heterocycles. The average Bonchev–Trinajstić information content (AvgIpc) is 4.06. The van der Waals surface area contributed by atoms with E-state index >= 15 is 0 Å². The van der Waals surface area contributed by atoms with Gasteiger partial charge in [-0.1, -0.05) is 128 Å². The summed E-state index contributed by atoms with van der Waals surface area (Å²) in [5.74, 6) is 1.87. The molecule has 3 aliphatic rings. The zero-order chi connectivity index (χ0) is 41.1. The normalized spacial score (nSPS) is 16.6. The molecule has 13 rings (SSSR count). The first-order chi connectivity index (χ1) is 30.6. The quantitative estimate of drug-likeness (QED) is 0.167. The minimum Gasteiger partial charge on any atom is -0.456 e. The third kappa shape index (κ3) is 4.79. The monoisotopic (exact) mass is 798 g/mol. The Hall–Kier alpha value is -8.03. The number of hydrogen-bond acceptors (Lipinski definition) is 7. The number of nitrogens with zero attached hydrogens (tertiary/aromatic N) is 4. The van der Waals surface area contributed by atoms with Crippen LogP contribution in [0.3, 0.4) is 0 Å². The van der Waals surface area contributed by atoms with Gasteiger partial charge in [-0.15, -0.1) is 0 Å². The number of nitrogens with two attached hydrogens (primary N) is 1. The minimum absolute atomic E-state index is 0.152. The number of para-hydroxylation sites is 2. The van der Waals surface area contributed by atoms with Crippen LogP contribution in [-0.4, -0.2) is 21.1 Å². The summed E-state index contributed by atoms with van der Waals surface area (Å²) in [6.07, 6.45) is 1.11. The van der Waals surface area contributed by atoms with Crippen LogP contribution in [-0.2, 0) is 5.41 Å². The summed E-state index contributed by atoms with van der Waals surface area (Å²) in [5, 5.41) is 5.87. The minimum atomic E-state index is -0.603. The van der Waals surface area contributed by atoms with E-state index in [1.807, 2.05) is 72.8 Å². The predicted molar refractivity (Wildman–Crippen MR) is 250 cm³/mol. The molecule has 7 heteroatoms. The molecular formula is C55H38N6O. The molecule has 2 aromatic heterocycles. The Morgan fingerprint density at radius 1 is 0.565 bits per heavy atom. The van der Waals surface area contributed by atoms with Crippen LogP contribution in [0.25, 0.3) is 78.4 Å². The number of rotatable bonds is 5. The van der Waals surface area contributed by atoms with Crippen LogP contribution in [0.15, 0.2) is 180 Å². The van der Waals surface area contributed by atoms with Crippen LogP contribution in [0, 0.1) is 0 Å². The van der Waals surface area contributed by atoms with Gasteiger partial charge in [0, 0.05) is 44.9 Å². The number of hydrogen-bond donors (Lipinski definition) is 2. The summed E-state index contributed by atoms with van der Waals surface area (Å²) in [7, 11) is 0. The van der Waals surface area contributed by atoms with Gasteiger partial charge < -0.3 is 20.4 Å². The standard InChI is InChI=1S/C55H38N6O/c1-2-49-57-45-19-11-12-20-46(45)61(49)36-23-26-42-39(31-36)37-17-9-10-18-41(37)55(42)43-25-21-34(29-40(43)50-44(55)27-28-47-51(50)38-24-22-35(56)30-48(38)62-47)54-59-52(32-13-5-3-6-14-32)58-53(60-54)33-15-7-4-8-16-33/h3-31,49,57H,2,56H2,1H3. The van der Waals surface area contributed by atoms with E-state index in [-0.39, 0.29) is 6.17 Å². The lowest BCUT2D eigenvalue weighted by molar-refractivity contribution is 0.669. The van der Waals surface area contributed by atoms with Crippen LogP contribution < -0.4 is 16.0 Å². The number of aromatic nitrogens is 3. The molecule has 0 bridgehead atoms. The summed E-state index contributed by atoms with van der Waals surface area (Å²) in [6.45, 7) is 2.24. The number of benzene rings is 8. The third-order valence-corrected chi connectivity index (χ3v) is 13.2. The van der Waals surface area contributed by atoms with Crippen LogP contribution in [0.2, 0.25) is 0 Å². The molecule has 1 aliphatic heterocycles. The highest BCUT2D eigenvalue weighted by molar-refractivity contribution is 6.17.